The van der Waals surface area contributed by atoms with Crippen LogP contribution in [0.4, 0.5) is 0 Å². The van der Waals surface area contributed by atoms with Crippen molar-refractivity contribution >= 4 is 0 Å². The van der Waals surface area contributed by atoms with Crippen molar-refractivity contribution in [2.24, 2.45) is 5.73 Å². The summed E-state index contributed by atoms with van der Waals surface area (Å²) in [6.07, 6.45) is -3.20. The average Bonchev–Trinajstić information content (AvgIpc) is 2.30. The van der Waals surface area contributed by atoms with Gasteiger partial charge in [0.25, 0.3) is 0 Å². The molecule has 0 radical (unpaired) electrons. The summed E-state index contributed by atoms with van der Waals surface area (Å²) in [6, 6.07) is 0. The largest absolute Gasteiger partial charge is 0.387 e. The molecule has 0 amide bonds. The lowest BCUT2D eigenvalue weighted by Gasteiger charge is -2.11. The van der Waals surface area contributed by atoms with Crippen molar-refractivity contribution in [2.45, 2.75) is 24.6 Å². The summed E-state index contributed by atoms with van der Waals surface area (Å²) < 4.78 is 9.78. The molecule has 11 heavy (non-hydrogen) atoms. The third-order valence-electron chi connectivity index (χ3n) is 1.78. The molecule has 0 spiro atoms. The molecular formula is C6H13NO4. The minimum Gasteiger partial charge on any atom is -0.387 e. The monoisotopic (exact) mass is 163 g/mol. The van der Waals surface area contributed by atoms with Crippen molar-refractivity contribution in [3.8, 4) is 0 Å². The number of hydrogen-bond acceptors (Lipinski definition) is 5. The smallest absolute Gasteiger partial charge is 0.186 e. The maximum absolute atomic E-state index is 9.22. The molecule has 0 aromatic heterocycles. The fourth-order valence-corrected chi connectivity index (χ4v) is 1.10. The highest BCUT2D eigenvalue weighted by atomic mass is 16.7. The van der Waals surface area contributed by atoms with E-state index in [9.17, 15) is 10.2 Å². The highest BCUT2D eigenvalue weighted by Crippen LogP contribution is 2.20. The maximum atomic E-state index is 9.22. The van der Waals surface area contributed by atoms with Crippen LogP contribution >= 0.6 is 0 Å². The molecule has 1 aliphatic rings. The fourth-order valence-electron chi connectivity index (χ4n) is 1.10. The first-order valence-corrected chi connectivity index (χ1v) is 3.45. The van der Waals surface area contributed by atoms with E-state index < -0.39 is 24.6 Å². The van der Waals surface area contributed by atoms with E-state index in [4.69, 9.17) is 15.2 Å². The van der Waals surface area contributed by atoms with E-state index in [2.05, 4.69) is 0 Å². The van der Waals surface area contributed by atoms with Gasteiger partial charge < -0.3 is 25.4 Å². The van der Waals surface area contributed by atoms with Gasteiger partial charge in [0.2, 0.25) is 0 Å². The molecule has 4 unspecified atom stereocenters. The van der Waals surface area contributed by atoms with Gasteiger partial charge >= 0.3 is 0 Å². The zero-order valence-electron chi connectivity index (χ0n) is 6.30. The predicted molar refractivity (Wildman–Crippen MR) is 36.7 cm³/mol. The van der Waals surface area contributed by atoms with Gasteiger partial charge in [0.15, 0.2) is 6.29 Å². The minimum atomic E-state index is -0.992. The number of rotatable bonds is 2. The SMILES string of the molecule is COC1OC(CN)C(O)C1O. The van der Waals surface area contributed by atoms with Gasteiger partial charge in [0, 0.05) is 13.7 Å². The Morgan fingerprint density at radius 3 is 2.36 bits per heavy atom. The van der Waals surface area contributed by atoms with Gasteiger partial charge in [-0.05, 0) is 0 Å². The number of ether oxygens (including phenoxy) is 2. The van der Waals surface area contributed by atoms with E-state index in [0.717, 1.165) is 0 Å². The Kier molecular flexibility index (Phi) is 2.80. The molecule has 4 atom stereocenters. The van der Waals surface area contributed by atoms with Crippen LogP contribution in [0.1, 0.15) is 0 Å². The molecule has 5 heteroatoms. The minimum absolute atomic E-state index is 0.179. The second kappa shape index (κ2) is 3.46. The molecule has 0 saturated carbocycles. The molecule has 1 saturated heterocycles. The van der Waals surface area contributed by atoms with Crippen LogP contribution in [0.2, 0.25) is 0 Å². The van der Waals surface area contributed by atoms with Gasteiger partial charge in [0.05, 0.1) is 0 Å². The van der Waals surface area contributed by atoms with Gasteiger partial charge in [0.1, 0.15) is 18.3 Å². The van der Waals surface area contributed by atoms with Gasteiger partial charge in [-0.2, -0.15) is 0 Å². The molecule has 66 valence electrons. The summed E-state index contributed by atoms with van der Waals surface area (Å²) in [5, 5.41) is 18.4. The second-order valence-corrected chi connectivity index (χ2v) is 2.50. The zero-order chi connectivity index (χ0) is 8.43. The first kappa shape index (κ1) is 8.89. The summed E-state index contributed by atoms with van der Waals surface area (Å²) in [7, 11) is 1.40. The summed E-state index contributed by atoms with van der Waals surface area (Å²) in [5.74, 6) is 0. The lowest BCUT2D eigenvalue weighted by molar-refractivity contribution is -0.147. The van der Waals surface area contributed by atoms with Crippen LogP contribution in [-0.4, -0.2) is 48.5 Å². The van der Waals surface area contributed by atoms with E-state index in [0.29, 0.717) is 0 Å². The zero-order valence-corrected chi connectivity index (χ0v) is 6.30. The average molecular weight is 163 g/mol. The first-order valence-electron chi connectivity index (χ1n) is 3.45. The van der Waals surface area contributed by atoms with Crippen LogP contribution in [0.3, 0.4) is 0 Å². The van der Waals surface area contributed by atoms with Gasteiger partial charge in [-0.15, -0.1) is 0 Å². The molecule has 0 aliphatic carbocycles. The number of methoxy groups -OCH3 is 1. The van der Waals surface area contributed by atoms with Crippen LogP contribution in [0, 0.1) is 0 Å². The Morgan fingerprint density at radius 2 is 2.09 bits per heavy atom. The summed E-state index contributed by atoms with van der Waals surface area (Å²) >= 11 is 0. The van der Waals surface area contributed by atoms with Crippen molar-refractivity contribution in [3.05, 3.63) is 0 Å². The molecule has 1 heterocycles. The normalized spacial score (nSPS) is 44.7. The van der Waals surface area contributed by atoms with Crippen molar-refractivity contribution < 1.29 is 19.7 Å². The Labute approximate surface area is 64.7 Å². The molecule has 5 nitrogen and oxygen atoms in total. The quantitative estimate of drug-likeness (QED) is 0.440. The number of aliphatic hydroxyl groups excluding tert-OH is 2. The van der Waals surface area contributed by atoms with Crippen LogP contribution in [0.5, 0.6) is 0 Å². The Bertz CT molecular complexity index is 114. The molecule has 4 N–H and O–H groups in total. The summed E-state index contributed by atoms with van der Waals surface area (Å²) in [5.41, 5.74) is 5.25. The summed E-state index contributed by atoms with van der Waals surface area (Å²) in [4.78, 5) is 0. The first-order chi connectivity index (χ1) is 5.20. The third kappa shape index (κ3) is 1.52. The second-order valence-electron chi connectivity index (χ2n) is 2.50. The van der Waals surface area contributed by atoms with E-state index in [-0.39, 0.29) is 6.54 Å². The maximum Gasteiger partial charge on any atom is 0.186 e. The fraction of sp³-hybridized carbons (Fsp3) is 1.00. The van der Waals surface area contributed by atoms with Crippen LogP contribution in [-0.2, 0) is 9.47 Å². The lowest BCUT2D eigenvalue weighted by atomic mass is 10.1. The van der Waals surface area contributed by atoms with Crippen molar-refractivity contribution in [1.29, 1.82) is 0 Å². The number of hydrogen-bond donors (Lipinski definition) is 3. The molecule has 1 rings (SSSR count). The van der Waals surface area contributed by atoms with Gasteiger partial charge in [-0.1, -0.05) is 0 Å². The van der Waals surface area contributed by atoms with Crippen LogP contribution in [0.25, 0.3) is 0 Å². The predicted octanol–water partition coefficient (Wildman–Crippen LogP) is -1.96. The Balaban J connectivity index is 2.53. The van der Waals surface area contributed by atoms with Crippen LogP contribution < -0.4 is 5.73 Å². The van der Waals surface area contributed by atoms with Gasteiger partial charge in [-0.3, -0.25) is 0 Å². The molecule has 1 fully saturated rings. The Hall–Kier alpha value is -0.200. The standard InChI is InChI=1S/C6H13NO4/c1-10-6-5(9)4(8)3(2-7)11-6/h3-6,8-9H,2,7H2,1H3. The molecule has 0 aromatic carbocycles. The molecule has 1 aliphatic heterocycles. The van der Waals surface area contributed by atoms with E-state index >= 15 is 0 Å². The van der Waals surface area contributed by atoms with Crippen molar-refractivity contribution in [2.75, 3.05) is 13.7 Å². The van der Waals surface area contributed by atoms with Gasteiger partial charge in [-0.25, -0.2) is 0 Å². The summed E-state index contributed by atoms with van der Waals surface area (Å²) in [6.45, 7) is 0.179. The third-order valence-corrected chi connectivity index (χ3v) is 1.78. The number of aliphatic hydroxyl groups is 2. The van der Waals surface area contributed by atoms with Crippen molar-refractivity contribution in [1.82, 2.24) is 0 Å². The highest BCUT2D eigenvalue weighted by Gasteiger charge is 2.41. The van der Waals surface area contributed by atoms with E-state index in [1.165, 1.54) is 7.11 Å². The van der Waals surface area contributed by atoms with Crippen molar-refractivity contribution in [3.63, 3.8) is 0 Å². The topological polar surface area (TPSA) is 84.9 Å². The Morgan fingerprint density at radius 1 is 1.45 bits per heavy atom. The lowest BCUT2D eigenvalue weighted by Crippen LogP contribution is -2.36. The molecule has 0 aromatic rings. The van der Waals surface area contributed by atoms with Crippen LogP contribution in [0.15, 0.2) is 0 Å². The van der Waals surface area contributed by atoms with E-state index in [1.54, 1.807) is 0 Å². The number of nitrogens with two attached hydrogens (primary N) is 1. The molecular weight excluding hydrogens is 150 g/mol. The van der Waals surface area contributed by atoms with E-state index in [1.807, 2.05) is 0 Å². The molecule has 0 bridgehead atoms. The highest BCUT2D eigenvalue weighted by molar-refractivity contribution is 4.86.